The largest absolute Gasteiger partial charge is 0.383 e. The van der Waals surface area contributed by atoms with Crippen LogP contribution >= 0.6 is 11.3 Å². The number of hydrogen-bond donors (Lipinski definition) is 2. The van der Waals surface area contributed by atoms with Crippen LogP contribution in [0.4, 0.5) is 21.3 Å². The molecule has 158 valence electrons. The van der Waals surface area contributed by atoms with Gasteiger partial charge < -0.3 is 15.0 Å². The van der Waals surface area contributed by atoms with Crippen molar-refractivity contribution < 1.29 is 17.9 Å². The Kier molecular flexibility index (Phi) is 6.73. The number of primary sulfonamides is 1. The van der Waals surface area contributed by atoms with Crippen LogP contribution in [0.25, 0.3) is 0 Å². The van der Waals surface area contributed by atoms with E-state index in [4.69, 9.17) is 9.88 Å². The molecule has 3 N–H and O–H groups in total. The van der Waals surface area contributed by atoms with E-state index < -0.39 is 16.1 Å². The molecule has 1 aliphatic heterocycles. The first-order chi connectivity index (χ1) is 13.8. The molecule has 1 aliphatic rings. The fraction of sp³-hybridized carbons (Fsp3) is 0.444. The van der Waals surface area contributed by atoms with Gasteiger partial charge in [0.25, 0.3) is 0 Å². The molecule has 1 aromatic heterocycles. The highest BCUT2D eigenvalue weighted by Crippen LogP contribution is 2.29. The lowest BCUT2D eigenvalue weighted by atomic mass is 10.2. The van der Waals surface area contributed by atoms with Gasteiger partial charge in [-0.25, -0.2) is 23.3 Å². The van der Waals surface area contributed by atoms with Crippen LogP contribution in [-0.4, -0.2) is 52.8 Å². The zero-order valence-corrected chi connectivity index (χ0v) is 18.1. The van der Waals surface area contributed by atoms with Gasteiger partial charge in [0.1, 0.15) is 0 Å². The molecule has 0 radical (unpaired) electrons. The number of carbonyl (C=O) groups excluding carboxylic acids is 1. The third-order valence-corrected chi connectivity index (χ3v) is 7.32. The lowest BCUT2D eigenvalue weighted by molar-refractivity contribution is 0.204. The number of hydrogen-bond acceptors (Lipinski definition) is 7. The molecule has 11 heteroatoms. The number of benzene rings is 1. The molecule has 0 unspecified atom stereocenters. The molecule has 2 amide bonds. The first kappa shape index (κ1) is 21.5. The maximum atomic E-state index is 12.9. The van der Waals surface area contributed by atoms with Crippen molar-refractivity contribution in [2.24, 2.45) is 5.14 Å². The van der Waals surface area contributed by atoms with Crippen LogP contribution in [0.2, 0.25) is 0 Å². The Morgan fingerprint density at radius 3 is 2.52 bits per heavy atom. The van der Waals surface area contributed by atoms with Crippen molar-refractivity contribution in [3.05, 3.63) is 30.0 Å². The first-order valence-electron chi connectivity index (χ1n) is 9.22. The lowest BCUT2D eigenvalue weighted by Crippen LogP contribution is -2.37. The molecular weight excluding hydrogens is 414 g/mol. The number of aryl methyl sites for hydroxylation is 1. The van der Waals surface area contributed by atoms with Crippen LogP contribution in [0.1, 0.15) is 18.5 Å². The Hall–Kier alpha value is -2.21. The molecule has 2 heterocycles. The minimum atomic E-state index is -3.90. The highest BCUT2D eigenvalue weighted by molar-refractivity contribution is 7.91. The van der Waals surface area contributed by atoms with Crippen LogP contribution in [0.5, 0.6) is 0 Å². The van der Waals surface area contributed by atoms with Crippen molar-refractivity contribution >= 4 is 43.9 Å². The van der Waals surface area contributed by atoms with Gasteiger partial charge in [-0.15, -0.1) is 0 Å². The van der Waals surface area contributed by atoms with Crippen LogP contribution < -0.4 is 20.3 Å². The van der Waals surface area contributed by atoms with Crippen molar-refractivity contribution in [2.45, 2.75) is 24.0 Å². The van der Waals surface area contributed by atoms with Gasteiger partial charge >= 0.3 is 6.03 Å². The number of ether oxygens (including phenoxy) is 1. The number of carbonyl (C=O) groups is 1. The van der Waals surface area contributed by atoms with Crippen molar-refractivity contribution in [1.29, 1.82) is 0 Å². The zero-order valence-electron chi connectivity index (χ0n) is 16.4. The number of anilines is 3. The molecule has 0 spiro atoms. The summed E-state index contributed by atoms with van der Waals surface area (Å²) in [5, 5.41) is 8.31. The molecule has 9 nitrogen and oxygen atoms in total. The number of amides is 2. The summed E-state index contributed by atoms with van der Waals surface area (Å²) in [6, 6.07) is 7.23. The van der Waals surface area contributed by atoms with E-state index in [0.29, 0.717) is 5.69 Å². The number of rotatable bonds is 7. The number of methoxy groups -OCH3 is 1. The average molecular weight is 440 g/mol. The quantitative estimate of drug-likeness (QED) is 0.684. The number of thiazole rings is 1. The van der Waals surface area contributed by atoms with E-state index in [2.05, 4.69) is 15.2 Å². The highest BCUT2D eigenvalue weighted by Gasteiger charge is 2.24. The summed E-state index contributed by atoms with van der Waals surface area (Å²) in [7, 11) is -2.38. The van der Waals surface area contributed by atoms with E-state index in [9.17, 15) is 13.2 Å². The molecule has 0 saturated carbocycles. The minimum absolute atomic E-state index is 0.0577. The highest BCUT2D eigenvalue weighted by atomic mass is 32.2. The molecule has 1 fully saturated rings. The third-order valence-electron chi connectivity index (χ3n) is 4.59. The first-order valence-corrected chi connectivity index (χ1v) is 11.6. The molecule has 29 heavy (non-hydrogen) atoms. The molecule has 1 saturated heterocycles. The Morgan fingerprint density at radius 1 is 1.31 bits per heavy atom. The fourth-order valence-corrected chi connectivity index (χ4v) is 5.11. The number of urea groups is 1. The van der Waals surface area contributed by atoms with Gasteiger partial charge in [0.15, 0.2) is 9.34 Å². The van der Waals surface area contributed by atoms with Gasteiger partial charge in [-0.05, 0) is 44.0 Å². The monoisotopic (exact) mass is 439 g/mol. The van der Waals surface area contributed by atoms with Gasteiger partial charge in [-0.1, -0.05) is 11.3 Å². The van der Waals surface area contributed by atoms with Crippen molar-refractivity contribution in [2.75, 3.05) is 48.5 Å². The van der Waals surface area contributed by atoms with E-state index in [1.54, 1.807) is 6.92 Å². The average Bonchev–Trinajstić information content (AvgIpc) is 3.32. The molecule has 0 aliphatic carbocycles. The summed E-state index contributed by atoms with van der Waals surface area (Å²) in [5.74, 6) is 0. The van der Waals surface area contributed by atoms with E-state index in [0.717, 1.165) is 30.1 Å². The number of nitrogens with zero attached hydrogens (tertiary/aromatic N) is 3. The number of nitrogens with two attached hydrogens (primary N) is 1. The second kappa shape index (κ2) is 9.08. The summed E-state index contributed by atoms with van der Waals surface area (Å²) in [6.45, 7) is 4.12. The second-order valence-corrected chi connectivity index (χ2v) is 9.46. The van der Waals surface area contributed by atoms with Crippen LogP contribution in [0.3, 0.4) is 0 Å². The normalized spacial score (nSPS) is 14.2. The van der Waals surface area contributed by atoms with E-state index in [-0.39, 0.29) is 28.2 Å². The summed E-state index contributed by atoms with van der Waals surface area (Å²) < 4.78 is 28.4. The predicted molar refractivity (Wildman–Crippen MR) is 114 cm³/mol. The Bertz CT molecular complexity index is 953. The maximum absolute atomic E-state index is 12.9. The van der Waals surface area contributed by atoms with Gasteiger partial charge in [-0.2, -0.15) is 0 Å². The van der Waals surface area contributed by atoms with E-state index >= 15 is 0 Å². The maximum Gasteiger partial charge on any atom is 0.328 e. The predicted octanol–water partition coefficient (Wildman–Crippen LogP) is 2.38. The van der Waals surface area contributed by atoms with Gasteiger partial charge in [0, 0.05) is 31.6 Å². The number of aromatic nitrogens is 1. The SMILES string of the molecule is COCCN(C(=O)Nc1ccc(N2CCCC2)cc1)c1nc(C)c(S(N)(=O)=O)s1. The second-order valence-electron chi connectivity index (χ2n) is 6.73. The van der Waals surface area contributed by atoms with Gasteiger partial charge in [0.05, 0.1) is 18.8 Å². The smallest absolute Gasteiger partial charge is 0.328 e. The van der Waals surface area contributed by atoms with Gasteiger partial charge in [0.2, 0.25) is 10.0 Å². The van der Waals surface area contributed by atoms with Crippen LogP contribution in [0, 0.1) is 6.92 Å². The molecule has 0 bridgehead atoms. The third kappa shape index (κ3) is 5.24. The topological polar surface area (TPSA) is 118 Å². The van der Waals surface area contributed by atoms with Crippen LogP contribution in [0.15, 0.2) is 28.5 Å². The molecular formula is C18H25N5O4S2. The standard InChI is InChI=1S/C18H25N5O4S2/c1-13-16(29(19,25)26)28-18(20-13)23(11-12-27-2)17(24)21-14-5-7-15(8-6-14)22-9-3-4-10-22/h5-8H,3-4,9-12H2,1-2H3,(H,21,24)(H2,19,25,26). The fourth-order valence-electron chi connectivity index (χ4n) is 3.14. The summed E-state index contributed by atoms with van der Waals surface area (Å²) in [4.78, 5) is 20.7. The lowest BCUT2D eigenvalue weighted by Gasteiger charge is -2.21. The molecule has 0 atom stereocenters. The minimum Gasteiger partial charge on any atom is -0.383 e. The summed E-state index contributed by atoms with van der Waals surface area (Å²) in [6.07, 6.45) is 2.39. The van der Waals surface area contributed by atoms with E-state index in [1.165, 1.54) is 24.9 Å². The summed E-state index contributed by atoms with van der Waals surface area (Å²) >= 11 is 0.862. The molecule has 2 aromatic rings. The Morgan fingerprint density at radius 2 is 1.97 bits per heavy atom. The van der Waals surface area contributed by atoms with Crippen LogP contribution in [-0.2, 0) is 14.8 Å². The van der Waals surface area contributed by atoms with Crippen molar-refractivity contribution in [3.63, 3.8) is 0 Å². The Labute approximate surface area is 174 Å². The van der Waals surface area contributed by atoms with Crippen molar-refractivity contribution in [1.82, 2.24) is 4.98 Å². The molecule has 3 rings (SSSR count). The van der Waals surface area contributed by atoms with E-state index in [1.807, 2.05) is 24.3 Å². The van der Waals surface area contributed by atoms with Gasteiger partial charge in [-0.3, -0.25) is 4.90 Å². The molecule has 1 aromatic carbocycles. The number of nitrogens with one attached hydrogen (secondary N) is 1. The number of sulfonamides is 1. The Balaban J connectivity index is 1.77. The van der Waals surface area contributed by atoms with Crippen molar-refractivity contribution in [3.8, 4) is 0 Å². The zero-order chi connectivity index (χ0) is 21.0. The summed E-state index contributed by atoms with van der Waals surface area (Å²) in [5.41, 5.74) is 2.03.